The van der Waals surface area contributed by atoms with E-state index in [9.17, 15) is 0 Å². The Labute approximate surface area is 108 Å². The quantitative estimate of drug-likeness (QED) is 0.825. The third-order valence-electron chi connectivity index (χ3n) is 3.32. The normalized spacial score (nSPS) is 20.7. The number of hydrogen-bond donors (Lipinski definition) is 2. The number of nitrogens with zero attached hydrogens (tertiary/aromatic N) is 3. The van der Waals surface area contributed by atoms with Gasteiger partial charge in [-0.3, -0.25) is 0 Å². The molecule has 1 aromatic heterocycles. The van der Waals surface area contributed by atoms with Gasteiger partial charge >= 0.3 is 0 Å². The van der Waals surface area contributed by atoms with Crippen LogP contribution in [-0.4, -0.2) is 48.7 Å². The lowest BCUT2D eigenvalue weighted by Crippen LogP contribution is -2.35. The van der Waals surface area contributed by atoms with Crippen LogP contribution < -0.4 is 15.8 Å². The molecule has 0 saturated carbocycles. The van der Waals surface area contributed by atoms with Gasteiger partial charge in [-0.15, -0.1) is 0 Å². The summed E-state index contributed by atoms with van der Waals surface area (Å²) in [6, 6.07) is 0. The molecule has 6 heteroatoms. The number of piperidine rings is 1. The van der Waals surface area contributed by atoms with Crippen LogP contribution in [0.15, 0.2) is 6.33 Å². The highest BCUT2D eigenvalue weighted by Crippen LogP contribution is 2.26. The minimum absolute atomic E-state index is 0.371. The van der Waals surface area contributed by atoms with Crippen LogP contribution >= 0.6 is 0 Å². The molecule has 1 atom stereocenters. The van der Waals surface area contributed by atoms with Crippen LogP contribution in [0.5, 0.6) is 5.75 Å². The van der Waals surface area contributed by atoms with Crippen LogP contribution in [0.3, 0.4) is 0 Å². The van der Waals surface area contributed by atoms with E-state index in [0.29, 0.717) is 23.3 Å². The van der Waals surface area contributed by atoms with Crippen molar-refractivity contribution in [3.8, 4) is 5.75 Å². The number of methoxy groups -OCH3 is 1. The first-order chi connectivity index (χ1) is 8.70. The highest BCUT2D eigenvalue weighted by molar-refractivity contribution is 5.61. The average Bonchev–Trinajstić information content (AvgIpc) is 2.36. The molecule has 2 heterocycles. The maximum absolute atomic E-state index is 5.74. The van der Waals surface area contributed by atoms with Gasteiger partial charge in [0.2, 0.25) is 5.75 Å². The Morgan fingerprint density at radius 1 is 1.56 bits per heavy atom. The Morgan fingerprint density at radius 3 is 3.11 bits per heavy atom. The van der Waals surface area contributed by atoms with Gasteiger partial charge in [0.1, 0.15) is 6.33 Å². The highest BCUT2D eigenvalue weighted by Gasteiger charge is 2.18. The average molecular weight is 251 g/mol. The molecular weight excluding hydrogens is 230 g/mol. The molecule has 1 aliphatic heterocycles. The smallest absolute Gasteiger partial charge is 0.203 e. The van der Waals surface area contributed by atoms with Crippen LogP contribution in [0.1, 0.15) is 12.8 Å². The monoisotopic (exact) mass is 251 g/mol. The van der Waals surface area contributed by atoms with E-state index in [4.69, 9.17) is 10.5 Å². The number of nitrogens with one attached hydrogen (secondary N) is 1. The Bertz CT molecular complexity index is 398. The van der Waals surface area contributed by atoms with Crippen LogP contribution in [0.25, 0.3) is 0 Å². The second-order valence-corrected chi connectivity index (χ2v) is 4.79. The molecule has 0 spiro atoms. The molecule has 0 aliphatic carbocycles. The molecule has 0 amide bonds. The predicted molar refractivity (Wildman–Crippen MR) is 71.7 cm³/mol. The second kappa shape index (κ2) is 5.86. The maximum Gasteiger partial charge on any atom is 0.203 e. The fourth-order valence-corrected chi connectivity index (χ4v) is 2.40. The summed E-state index contributed by atoms with van der Waals surface area (Å²) in [4.78, 5) is 10.4. The summed E-state index contributed by atoms with van der Waals surface area (Å²) >= 11 is 0. The van der Waals surface area contributed by atoms with E-state index in [1.165, 1.54) is 25.7 Å². The van der Waals surface area contributed by atoms with E-state index < -0.39 is 0 Å². The topological polar surface area (TPSA) is 76.3 Å². The van der Waals surface area contributed by atoms with Gasteiger partial charge in [-0.05, 0) is 32.4 Å². The first-order valence-electron chi connectivity index (χ1n) is 6.27. The van der Waals surface area contributed by atoms with Gasteiger partial charge in [-0.1, -0.05) is 0 Å². The van der Waals surface area contributed by atoms with E-state index in [2.05, 4.69) is 27.2 Å². The highest BCUT2D eigenvalue weighted by atomic mass is 16.5. The number of nitrogen functional groups attached to an aromatic ring is 1. The van der Waals surface area contributed by atoms with Crippen LogP contribution in [-0.2, 0) is 0 Å². The largest absolute Gasteiger partial charge is 0.490 e. The maximum atomic E-state index is 5.74. The van der Waals surface area contributed by atoms with Gasteiger partial charge in [0.15, 0.2) is 11.6 Å². The molecule has 100 valence electrons. The molecule has 2 rings (SSSR count). The summed E-state index contributed by atoms with van der Waals surface area (Å²) < 4.78 is 5.21. The van der Waals surface area contributed by atoms with Crippen molar-refractivity contribution < 1.29 is 4.74 Å². The minimum atomic E-state index is 0.371. The van der Waals surface area contributed by atoms with Gasteiger partial charge in [0.25, 0.3) is 0 Å². The molecule has 1 fully saturated rings. The molecule has 1 saturated heterocycles. The lowest BCUT2D eigenvalue weighted by Gasteiger charge is -2.29. The summed E-state index contributed by atoms with van der Waals surface area (Å²) in [6.07, 6.45) is 3.96. The number of hydrogen-bond acceptors (Lipinski definition) is 6. The fourth-order valence-electron chi connectivity index (χ4n) is 2.40. The predicted octanol–water partition coefficient (Wildman–Crippen LogP) is 0.821. The summed E-state index contributed by atoms with van der Waals surface area (Å²) in [6.45, 7) is 3.20. The van der Waals surface area contributed by atoms with E-state index in [-0.39, 0.29) is 0 Å². The molecule has 1 unspecified atom stereocenters. The van der Waals surface area contributed by atoms with E-state index in [1.54, 1.807) is 7.11 Å². The van der Waals surface area contributed by atoms with Gasteiger partial charge in [-0.25, -0.2) is 9.97 Å². The SMILES string of the molecule is COc1c(N)ncnc1NCC1CCCN(C)C1. The molecule has 18 heavy (non-hydrogen) atoms. The zero-order chi connectivity index (χ0) is 13.0. The molecule has 1 aromatic rings. The molecule has 0 bridgehead atoms. The summed E-state index contributed by atoms with van der Waals surface area (Å²) in [5.74, 6) is 2.22. The van der Waals surface area contributed by atoms with Crippen molar-refractivity contribution in [3.05, 3.63) is 6.33 Å². The zero-order valence-corrected chi connectivity index (χ0v) is 11.0. The number of rotatable bonds is 4. The third-order valence-corrected chi connectivity index (χ3v) is 3.32. The number of anilines is 2. The number of likely N-dealkylation sites (tertiary alicyclic amines) is 1. The summed E-state index contributed by atoms with van der Waals surface area (Å²) in [5, 5.41) is 3.31. The van der Waals surface area contributed by atoms with Crippen LogP contribution in [0.4, 0.5) is 11.6 Å². The van der Waals surface area contributed by atoms with Crippen molar-refractivity contribution in [3.63, 3.8) is 0 Å². The van der Waals surface area contributed by atoms with Crippen molar-refractivity contribution in [2.45, 2.75) is 12.8 Å². The Morgan fingerprint density at radius 2 is 2.39 bits per heavy atom. The zero-order valence-electron chi connectivity index (χ0n) is 11.0. The number of aromatic nitrogens is 2. The van der Waals surface area contributed by atoms with Crippen LogP contribution in [0, 0.1) is 5.92 Å². The Hall–Kier alpha value is -1.56. The second-order valence-electron chi connectivity index (χ2n) is 4.79. The first kappa shape index (κ1) is 12.9. The Kier molecular flexibility index (Phi) is 4.19. The fraction of sp³-hybridized carbons (Fsp3) is 0.667. The van der Waals surface area contributed by atoms with Gasteiger partial charge in [0, 0.05) is 13.1 Å². The van der Waals surface area contributed by atoms with Gasteiger partial charge in [-0.2, -0.15) is 0 Å². The molecule has 6 nitrogen and oxygen atoms in total. The number of ether oxygens (including phenoxy) is 1. The minimum Gasteiger partial charge on any atom is -0.490 e. The lowest BCUT2D eigenvalue weighted by molar-refractivity contribution is 0.217. The van der Waals surface area contributed by atoms with Gasteiger partial charge in [0.05, 0.1) is 7.11 Å². The van der Waals surface area contributed by atoms with Crippen molar-refractivity contribution >= 4 is 11.6 Å². The summed E-state index contributed by atoms with van der Waals surface area (Å²) in [5.41, 5.74) is 5.74. The standard InChI is InChI=1S/C12H21N5O/c1-17-5-3-4-9(7-17)6-14-12-10(18-2)11(13)15-8-16-12/h8-9H,3-7H2,1-2H3,(H3,13,14,15,16). The van der Waals surface area contributed by atoms with Crippen molar-refractivity contribution in [1.82, 2.24) is 14.9 Å². The molecule has 0 aromatic carbocycles. The third kappa shape index (κ3) is 3.01. The Balaban J connectivity index is 1.95. The molecule has 0 radical (unpaired) electrons. The summed E-state index contributed by atoms with van der Waals surface area (Å²) in [7, 11) is 3.74. The molecular formula is C12H21N5O. The van der Waals surface area contributed by atoms with Crippen molar-refractivity contribution in [1.29, 1.82) is 0 Å². The van der Waals surface area contributed by atoms with Crippen molar-refractivity contribution in [2.24, 2.45) is 5.92 Å². The van der Waals surface area contributed by atoms with E-state index in [1.807, 2.05) is 0 Å². The number of nitrogens with two attached hydrogens (primary N) is 1. The van der Waals surface area contributed by atoms with Crippen molar-refractivity contribution in [2.75, 3.05) is 44.8 Å². The van der Waals surface area contributed by atoms with E-state index in [0.717, 1.165) is 13.1 Å². The van der Waals surface area contributed by atoms with Gasteiger partial charge < -0.3 is 20.7 Å². The van der Waals surface area contributed by atoms with Crippen LogP contribution in [0.2, 0.25) is 0 Å². The molecule has 1 aliphatic rings. The van der Waals surface area contributed by atoms with E-state index >= 15 is 0 Å². The molecule has 3 N–H and O–H groups in total. The first-order valence-corrected chi connectivity index (χ1v) is 6.27. The lowest BCUT2D eigenvalue weighted by atomic mass is 9.98.